The van der Waals surface area contributed by atoms with Crippen LogP contribution in [0.4, 0.5) is 8.78 Å². The number of aromatic nitrogens is 1. The average Bonchev–Trinajstić information content (AvgIpc) is 2.44. The predicted octanol–water partition coefficient (Wildman–Crippen LogP) is 3.75. The van der Waals surface area contributed by atoms with E-state index in [4.69, 9.17) is 0 Å². The van der Waals surface area contributed by atoms with Crippen molar-refractivity contribution in [1.82, 2.24) is 4.57 Å². The zero-order valence-corrected chi connectivity index (χ0v) is 16.4. The molecule has 1 radical (unpaired) electrons. The Balaban J connectivity index is 0.00000220. The van der Waals surface area contributed by atoms with Crippen LogP contribution in [0.1, 0.15) is 12.5 Å². The van der Waals surface area contributed by atoms with E-state index in [1.165, 1.54) is 0 Å². The Morgan fingerprint density at radius 1 is 1.33 bits per heavy atom. The van der Waals surface area contributed by atoms with Crippen molar-refractivity contribution >= 4 is 22.6 Å². The Labute approximate surface area is 161 Å². The molecule has 1 aromatic heterocycles. The molecule has 2 rings (SSSR count). The number of benzene rings is 1. The molecule has 0 aliphatic heterocycles. The summed E-state index contributed by atoms with van der Waals surface area (Å²) < 4.78 is 27.0. The molecule has 0 fully saturated rings. The summed E-state index contributed by atoms with van der Waals surface area (Å²) in [5, 5.41) is 0. The second-order valence-electron chi connectivity index (χ2n) is 4.30. The van der Waals surface area contributed by atoms with Crippen LogP contribution in [0.15, 0.2) is 35.1 Å². The number of nitrogens with zero attached hydrogens (tertiary/aromatic N) is 1. The SMILES string of the molecule is CCc1ccccc1-c1[c-]cc(I)c(=O)n1CC(F)F.[Y]. The van der Waals surface area contributed by atoms with Gasteiger partial charge in [0, 0.05) is 32.7 Å². The molecule has 1 aromatic carbocycles. The van der Waals surface area contributed by atoms with Crippen LogP contribution < -0.4 is 5.56 Å². The van der Waals surface area contributed by atoms with Gasteiger partial charge in [-0.25, -0.2) is 8.78 Å². The maximum absolute atomic E-state index is 12.7. The molecule has 0 saturated heterocycles. The van der Waals surface area contributed by atoms with Gasteiger partial charge >= 0.3 is 0 Å². The van der Waals surface area contributed by atoms with Crippen molar-refractivity contribution in [2.75, 3.05) is 0 Å². The molecule has 0 amide bonds. The van der Waals surface area contributed by atoms with E-state index in [0.29, 0.717) is 9.26 Å². The molecule has 109 valence electrons. The van der Waals surface area contributed by atoms with Crippen molar-refractivity contribution in [3.63, 3.8) is 0 Å². The molecule has 0 atom stereocenters. The Hall–Kier alpha value is -0.136. The van der Waals surface area contributed by atoms with Gasteiger partial charge in [0.15, 0.2) is 0 Å². The van der Waals surface area contributed by atoms with Gasteiger partial charge < -0.3 is 4.57 Å². The third kappa shape index (κ3) is 4.42. The molecule has 0 aliphatic rings. The quantitative estimate of drug-likeness (QED) is 0.486. The first kappa shape index (κ1) is 18.9. The summed E-state index contributed by atoms with van der Waals surface area (Å²) in [6, 6.07) is 12.0. The molecule has 0 N–H and O–H groups in total. The summed E-state index contributed by atoms with van der Waals surface area (Å²) in [7, 11) is 0. The van der Waals surface area contributed by atoms with Gasteiger partial charge in [0.1, 0.15) is 0 Å². The van der Waals surface area contributed by atoms with Crippen LogP contribution in [0.5, 0.6) is 0 Å². The van der Waals surface area contributed by atoms with Gasteiger partial charge in [0.25, 0.3) is 6.43 Å². The largest absolute Gasteiger partial charge is 0.336 e. The molecule has 0 spiro atoms. The van der Waals surface area contributed by atoms with E-state index >= 15 is 0 Å². The molecule has 1 heterocycles. The standard InChI is InChI=1S/C15H13F2INO.Y/c1-2-10-5-3-4-6-11(10)13-8-7-12(18)15(20)19(13)9-14(16)17;/h3-7,14H,2,9H2,1H3;/q-1;. The van der Waals surface area contributed by atoms with E-state index in [0.717, 1.165) is 22.1 Å². The Morgan fingerprint density at radius 3 is 2.62 bits per heavy atom. The Morgan fingerprint density at radius 2 is 2.00 bits per heavy atom. The van der Waals surface area contributed by atoms with Crippen molar-refractivity contribution in [2.24, 2.45) is 0 Å². The minimum atomic E-state index is -2.58. The Bertz CT molecular complexity index is 673. The number of halogens is 3. The molecule has 21 heavy (non-hydrogen) atoms. The average molecular weight is 477 g/mol. The predicted molar refractivity (Wildman–Crippen MR) is 83.1 cm³/mol. The van der Waals surface area contributed by atoms with Gasteiger partial charge in [0.2, 0.25) is 5.56 Å². The first-order valence-corrected chi connectivity index (χ1v) is 7.30. The molecular weight excluding hydrogens is 464 g/mol. The van der Waals surface area contributed by atoms with Crippen molar-refractivity contribution in [2.45, 2.75) is 26.3 Å². The van der Waals surface area contributed by atoms with Crippen molar-refractivity contribution in [3.8, 4) is 11.3 Å². The molecular formula is C15H13F2INOY-. The van der Waals surface area contributed by atoms with E-state index in [-0.39, 0.29) is 32.7 Å². The van der Waals surface area contributed by atoms with Crippen LogP contribution in [0, 0.1) is 9.64 Å². The van der Waals surface area contributed by atoms with Crippen molar-refractivity contribution in [3.05, 3.63) is 55.9 Å². The van der Waals surface area contributed by atoms with Gasteiger partial charge in [-0.3, -0.25) is 4.79 Å². The fourth-order valence-corrected chi connectivity index (χ4v) is 2.54. The molecule has 0 unspecified atom stereocenters. The smallest absolute Gasteiger partial charge is 0.256 e. The van der Waals surface area contributed by atoms with Gasteiger partial charge in [-0.2, -0.15) is 12.1 Å². The fraction of sp³-hybridized carbons (Fsp3) is 0.267. The van der Waals surface area contributed by atoms with Crippen LogP contribution in [0.25, 0.3) is 11.3 Å². The number of pyridine rings is 1. The first-order valence-electron chi connectivity index (χ1n) is 6.22. The number of aryl methyl sites for hydroxylation is 1. The summed E-state index contributed by atoms with van der Waals surface area (Å²) in [6.07, 6.45) is -1.81. The minimum Gasteiger partial charge on any atom is -0.336 e. The van der Waals surface area contributed by atoms with Crippen molar-refractivity contribution in [1.29, 1.82) is 0 Å². The molecule has 0 saturated carbocycles. The summed E-state index contributed by atoms with van der Waals surface area (Å²) in [6.45, 7) is 1.38. The number of alkyl halides is 2. The van der Waals surface area contributed by atoms with E-state index in [1.54, 1.807) is 6.07 Å². The van der Waals surface area contributed by atoms with Crippen LogP contribution in [-0.2, 0) is 45.7 Å². The zero-order valence-electron chi connectivity index (χ0n) is 11.4. The topological polar surface area (TPSA) is 22.0 Å². The fourth-order valence-electron chi connectivity index (χ4n) is 2.10. The summed E-state index contributed by atoms with van der Waals surface area (Å²) in [5.41, 5.74) is 1.82. The maximum atomic E-state index is 12.7. The summed E-state index contributed by atoms with van der Waals surface area (Å²) in [5.74, 6) is 0. The normalized spacial score (nSPS) is 10.5. The van der Waals surface area contributed by atoms with Crippen LogP contribution >= 0.6 is 22.6 Å². The molecule has 2 aromatic rings. The monoisotopic (exact) mass is 477 g/mol. The zero-order chi connectivity index (χ0) is 14.7. The van der Waals surface area contributed by atoms with E-state index in [9.17, 15) is 13.6 Å². The van der Waals surface area contributed by atoms with Crippen molar-refractivity contribution < 1.29 is 41.5 Å². The van der Waals surface area contributed by atoms with E-state index < -0.39 is 18.5 Å². The third-order valence-electron chi connectivity index (χ3n) is 3.03. The second kappa shape index (κ2) is 8.48. The maximum Gasteiger partial charge on any atom is 0.256 e. The van der Waals surface area contributed by atoms with E-state index in [1.807, 2.05) is 53.8 Å². The number of hydrogen-bond donors (Lipinski definition) is 0. The van der Waals surface area contributed by atoms with Gasteiger partial charge in [0.05, 0.1) is 6.54 Å². The molecule has 2 nitrogen and oxygen atoms in total. The van der Waals surface area contributed by atoms with Gasteiger partial charge in [-0.05, 0) is 9.99 Å². The van der Waals surface area contributed by atoms with Crippen LogP contribution in [-0.4, -0.2) is 11.0 Å². The number of rotatable bonds is 4. The summed E-state index contributed by atoms with van der Waals surface area (Å²) >= 11 is 1.84. The van der Waals surface area contributed by atoms with Gasteiger partial charge in [-0.1, -0.05) is 41.9 Å². The van der Waals surface area contributed by atoms with Crippen LogP contribution in [0.2, 0.25) is 0 Å². The van der Waals surface area contributed by atoms with Crippen LogP contribution in [0.3, 0.4) is 0 Å². The number of hydrogen-bond acceptors (Lipinski definition) is 1. The molecule has 0 aliphatic carbocycles. The van der Waals surface area contributed by atoms with E-state index in [2.05, 4.69) is 6.07 Å². The summed E-state index contributed by atoms with van der Waals surface area (Å²) in [4.78, 5) is 12.1. The third-order valence-corrected chi connectivity index (χ3v) is 3.80. The first-order chi connectivity index (χ1) is 9.54. The minimum absolute atomic E-state index is 0. The Kier molecular flexibility index (Phi) is 7.64. The van der Waals surface area contributed by atoms with Gasteiger partial charge in [-0.15, -0.1) is 28.7 Å². The molecule has 0 bridgehead atoms. The molecule has 6 heteroatoms. The second-order valence-corrected chi connectivity index (χ2v) is 5.46.